The van der Waals surface area contributed by atoms with E-state index < -0.39 is 0 Å². The van der Waals surface area contributed by atoms with Crippen molar-refractivity contribution >= 4 is 15.9 Å². The number of hydrogen-bond donors (Lipinski definition) is 2. The summed E-state index contributed by atoms with van der Waals surface area (Å²) in [5.41, 5.74) is 8.30. The number of rotatable bonds is 3. The molecule has 0 radical (unpaired) electrons. The molecule has 1 rings (SSSR count). The summed E-state index contributed by atoms with van der Waals surface area (Å²) in [5, 5.41) is 10.0. The number of benzene rings is 1. The van der Waals surface area contributed by atoms with Crippen LogP contribution in [0.3, 0.4) is 0 Å². The fraction of sp³-hybridized carbons (Fsp3) is 0.455. The van der Waals surface area contributed by atoms with Crippen LogP contribution in [0, 0.1) is 13.8 Å². The third-order valence-electron chi connectivity index (χ3n) is 2.55. The maximum atomic E-state index is 10.0. The van der Waals surface area contributed by atoms with E-state index in [9.17, 15) is 5.11 Å². The highest BCUT2D eigenvalue weighted by Gasteiger charge is 2.17. The molecule has 0 saturated carbocycles. The van der Waals surface area contributed by atoms with Gasteiger partial charge in [0.05, 0.1) is 7.11 Å². The number of phenolic OH excluding ortho intramolecular Hbond substituents is 1. The first kappa shape index (κ1) is 12.3. The molecule has 3 nitrogen and oxygen atoms in total. The normalized spacial score (nSPS) is 10.5. The van der Waals surface area contributed by atoms with Crippen molar-refractivity contribution in [2.45, 2.75) is 20.3 Å². The fourth-order valence-corrected chi connectivity index (χ4v) is 2.13. The molecule has 0 atom stereocenters. The Balaban J connectivity index is 3.45. The summed E-state index contributed by atoms with van der Waals surface area (Å²) >= 11 is 3.49. The Hall–Kier alpha value is -0.740. The zero-order valence-electron chi connectivity index (χ0n) is 9.22. The van der Waals surface area contributed by atoms with Crippen molar-refractivity contribution in [1.29, 1.82) is 0 Å². The first-order valence-electron chi connectivity index (χ1n) is 4.79. The lowest BCUT2D eigenvalue weighted by Gasteiger charge is -2.16. The summed E-state index contributed by atoms with van der Waals surface area (Å²) in [6.45, 7) is 4.37. The topological polar surface area (TPSA) is 55.5 Å². The van der Waals surface area contributed by atoms with E-state index in [1.165, 1.54) is 0 Å². The van der Waals surface area contributed by atoms with Crippen molar-refractivity contribution < 1.29 is 9.84 Å². The molecule has 0 aliphatic carbocycles. The molecular weight excluding hydrogens is 258 g/mol. The van der Waals surface area contributed by atoms with Gasteiger partial charge in [-0.3, -0.25) is 0 Å². The number of ether oxygens (including phenoxy) is 1. The fourth-order valence-electron chi connectivity index (χ4n) is 1.71. The van der Waals surface area contributed by atoms with Crippen LogP contribution in [-0.2, 0) is 6.42 Å². The standard InChI is InChI=1S/C11H16BrNO2/c1-6-8(4-5-13)10(14)11(15-3)7(2)9(6)12/h14H,4-5,13H2,1-3H3. The van der Waals surface area contributed by atoms with Gasteiger partial charge in [-0.25, -0.2) is 0 Å². The summed E-state index contributed by atoms with van der Waals surface area (Å²) in [6.07, 6.45) is 0.646. The lowest BCUT2D eigenvalue weighted by molar-refractivity contribution is 0.367. The van der Waals surface area contributed by atoms with E-state index in [0.29, 0.717) is 18.7 Å². The Morgan fingerprint density at radius 1 is 1.33 bits per heavy atom. The van der Waals surface area contributed by atoms with Gasteiger partial charge in [0.2, 0.25) is 0 Å². The molecule has 0 heterocycles. The molecule has 0 aliphatic heterocycles. The third-order valence-corrected chi connectivity index (χ3v) is 3.74. The number of aromatic hydroxyl groups is 1. The van der Waals surface area contributed by atoms with E-state index in [4.69, 9.17) is 10.5 Å². The number of hydrogen-bond acceptors (Lipinski definition) is 3. The Morgan fingerprint density at radius 2 is 1.93 bits per heavy atom. The first-order chi connectivity index (χ1) is 7.04. The largest absolute Gasteiger partial charge is 0.504 e. The van der Waals surface area contributed by atoms with Crippen molar-refractivity contribution in [3.05, 3.63) is 21.2 Å². The van der Waals surface area contributed by atoms with Gasteiger partial charge in [-0.15, -0.1) is 0 Å². The Labute approximate surface area is 98.4 Å². The molecule has 0 spiro atoms. The molecule has 15 heavy (non-hydrogen) atoms. The number of methoxy groups -OCH3 is 1. The number of phenols is 1. The minimum atomic E-state index is 0.209. The summed E-state index contributed by atoms with van der Waals surface area (Å²) < 4.78 is 6.15. The molecule has 0 aliphatic rings. The Kier molecular flexibility index (Phi) is 3.99. The van der Waals surface area contributed by atoms with Gasteiger partial charge >= 0.3 is 0 Å². The van der Waals surface area contributed by atoms with E-state index >= 15 is 0 Å². The molecule has 0 amide bonds. The van der Waals surface area contributed by atoms with Gasteiger partial charge in [0.1, 0.15) is 0 Å². The van der Waals surface area contributed by atoms with Gasteiger partial charge in [-0.2, -0.15) is 0 Å². The van der Waals surface area contributed by atoms with Gasteiger partial charge in [-0.05, 0) is 32.4 Å². The number of nitrogens with two attached hydrogens (primary N) is 1. The van der Waals surface area contributed by atoms with Gasteiger partial charge in [0, 0.05) is 15.6 Å². The van der Waals surface area contributed by atoms with Crippen molar-refractivity contribution in [2.75, 3.05) is 13.7 Å². The summed E-state index contributed by atoms with van der Waals surface area (Å²) in [5.74, 6) is 0.733. The van der Waals surface area contributed by atoms with Crippen LogP contribution in [0.15, 0.2) is 4.47 Å². The van der Waals surface area contributed by atoms with Gasteiger partial charge in [0.15, 0.2) is 11.5 Å². The average molecular weight is 274 g/mol. The molecule has 0 fully saturated rings. The molecule has 0 saturated heterocycles. The van der Waals surface area contributed by atoms with Gasteiger partial charge in [0.25, 0.3) is 0 Å². The zero-order valence-corrected chi connectivity index (χ0v) is 10.8. The molecule has 84 valence electrons. The van der Waals surface area contributed by atoms with E-state index in [-0.39, 0.29) is 5.75 Å². The Bertz CT molecular complexity index is 378. The SMILES string of the molecule is COc1c(C)c(Br)c(C)c(CCN)c1O. The second kappa shape index (κ2) is 4.86. The van der Waals surface area contributed by atoms with Crippen molar-refractivity contribution in [2.24, 2.45) is 5.73 Å². The van der Waals surface area contributed by atoms with Gasteiger partial charge in [-0.1, -0.05) is 15.9 Å². The van der Waals surface area contributed by atoms with Crippen LogP contribution in [0.4, 0.5) is 0 Å². The second-order valence-electron chi connectivity index (χ2n) is 3.46. The first-order valence-corrected chi connectivity index (χ1v) is 5.58. The molecule has 4 heteroatoms. The third kappa shape index (κ3) is 2.11. The minimum Gasteiger partial charge on any atom is -0.504 e. The minimum absolute atomic E-state index is 0.209. The predicted octanol–water partition coefficient (Wildman–Crippen LogP) is 2.28. The van der Waals surface area contributed by atoms with Crippen LogP contribution in [0.25, 0.3) is 0 Å². The van der Waals surface area contributed by atoms with E-state index in [0.717, 1.165) is 21.2 Å². The summed E-state index contributed by atoms with van der Waals surface area (Å²) in [4.78, 5) is 0. The molecule has 0 unspecified atom stereocenters. The quantitative estimate of drug-likeness (QED) is 0.889. The molecule has 0 bridgehead atoms. The van der Waals surface area contributed by atoms with Crippen LogP contribution >= 0.6 is 15.9 Å². The Morgan fingerprint density at radius 3 is 2.40 bits per heavy atom. The smallest absolute Gasteiger partial charge is 0.164 e. The van der Waals surface area contributed by atoms with Gasteiger partial charge < -0.3 is 15.6 Å². The van der Waals surface area contributed by atoms with Crippen molar-refractivity contribution in [1.82, 2.24) is 0 Å². The van der Waals surface area contributed by atoms with Crippen LogP contribution in [-0.4, -0.2) is 18.8 Å². The maximum absolute atomic E-state index is 10.0. The van der Waals surface area contributed by atoms with E-state index in [1.807, 2.05) is 13.8 Å². The zero-order chi connectivity index (χ0) is 11.6. The highest BCUT2D eigenvalue weighted by molar-refractivity contribution is 9.10. The average Bonchev–Trinajstić information content (AvgIpc) is 2.22. The van der Waals surface area contributed by atoms with Crippen LogP contribution in [0.2, 0.25) is 0 Å². The molecule has 1 aromatic rings. The van der Waals surface area contributed by atoms with Crippen molar-refractivity contribution in [3.8, 4) is 11.5 Å². The molecule has 1 aromatic carbocycles. The lowest BCUT2D eigenvalue weighted by Crippen LogP contribution is -2.06. The molecular formula is C11H16BrNO2. The van der Waals surface area contributed by atoms with Crippen LogP contribution in [0.1, 0.15) is 16.7 Å². The van der Waals surface area contributed by atoms with Crippen molar-refractivity contribution in [3.63, 3.8) is 0 Å². The highest BCUT2D eigenvalue weighted by Crippen LogP contribution is 2.41. The lowest BCUT2D eigenvalue weighted by atomic mass is 10.0. The number of halogens is 1. The summed E-state index contributed by atoms with van der Waals surface area (Å²) in [6, 6.07) is 0. The molecule has 0 aromatic heterocycles. The second-order valence-corrected chi connectivity index (χ2v) is 4.26. The van der Waals surface area contributed by atoms with Crippen LogP contribution < -0.4 is 10.5 Å². The van der Waals surface area contributed by atoms with Crippen LogP contribution in [0.5, 0.6) is 11.5 Å². The predicted molar refractivity (Wildman–Crippen MR) is 64.6 cm³/mol. The summed E-state index contributed by atoms with van der Waals surface area (Å²) in [7, 11) is 1.55. The highest BCUT2D eigenvalue weighted by atomic mass is 79.9. The van der Waals surface area contributed by atoms with E-state index in [1.54, 1.807) is 7.11 Å². The molecule has 3 N–H and O–H groups in total. The maximum Gasteiger partial charge on any atom is 0.164 e. The monoisotopic (exact) mass is 273 g/mol. The van der Waals surface area contributed by atoms with E-state index in [2.05, 4.69) is 15.9 Å².